The highest BCUT2D eigenvalue weighted by Crippen LogP contribution is 2.40. The number of para-hydroxylation sites is 1. The van der Waals surface area contributed by atoms with Gasteiger partial charge < -0.3 is 156 Å². The van der Waals surface area contributed by atoms with Gasteiger partial charge in [-0.05, 0) is 81.4 Å². The van der Waals surface area contributed by atoms with E-state index >= 15 is 0 Å². The van der Waals surface area contributed by atoms with Crippen LogP contribution in [0.15, 0.2) is 48.5 Å². The molecular formula is C89H147N12O31P. The molecule has 5 aliphatic heterocycles. The maximum Gasteiger partial charge on any atom is 0.697 e. The van der Waals surface area contributed by atoms with Crippen LogP contribution in [-0.2, 0) is 111 Å². The Labute approximate surface area is 778 Å². The molecule has 2 aromatic carbocycles. The molecule has 5 heterocycles. The lowest BCUT2D eigenvalue weighted by Crippen LogP contribution is -2.64. The van der Waals surface area contributed by atoms with E-state index in [9.17, 15) is 94.6 Å². The van der Waals surface area contributed by atoms with Crippen LogP contribution in [0.5, 0.6) is 0 Å². The predicted molar refractivity (Wildman–Crippen MR) is 482 cm³/mol. The third kappa shape index (κ3) is 39.1. The van der Waals surface area contributed by atoms with E-state index in [1.54, 1.807) is 4.90 Å². The maximum atomic E-state index is 14.8. The summed E-state index contributed by atoms with van der Waals surface area (Å²) in [6.45, 7) is 4.69. The second kappa shape index (κ2) is 62.4. The molecule has 0 bridgehead atoms. The van der Waals surface area contributed by atoms with Gasteiger partial charge >= 0.3 is 8.25 Å². The maximum absolute atomic E-state index is 14.8. The van der Waals surface area contributed by atoms with Crippen molar-refractivity contribution < 1.29 is 150 Å². The van der Waals surface area contributed by atoms with Crippen molar-refractivity contribution in [2.45, 2.75) is 260 Å². The van der Waals surface area contributed by atoms with E-state index in [2.05, 4.69) is 42.1 Å². The Balaban J connectivity index is 0.927. The summed E-state index contributed by atoms with van der Waals surface area (Å²) in [6.07, 6.45) is -4.34. The minimum atomic E-state index is -2.11. The van der Waals surface area contributed by atoms with Crippen LogP contribution in [-0.4, -0.2) is 366 Å². The van der Waals surface area contributed by atoms with Gasteiger partial charge in [0.1, 0.15) is 91.8 Å². The number of anilines is 1. The number of unbranched alkanes of at least 4 members (excludes halogenated alkanes) is 12. The number of ether oxygens (including phenoxy) is 11. The molecule has 5 aliphatic rings. The molecule has 0 aliphatic carbocycles. The number of hydrogen-bond acceptors (Lipinski definition) is 34. The highest BCUT2D eigenvalue weighted by Gasteiger charge is 2.49. The number of carbonyl (C=O) groups excluding carboxylic acids is 8. The van der Waals surface area contributed by atoms with Gasteiger partial charge in [0.2, 0.25) is 47.3 Å². The number of nitrogens with two attached hydrogens (primary N) is 1. The fourth-order valence-electron chi connectivity index (χ4n) is 16.0. The van der Waals surface area contributed by atoms with Crippen LogP contribution in [0.3, 0.4) is 0 Å². The molecule has 4 saturated heterocycles. The number of hydrogen-bond donors (Lipinski definition) is 17. The van der Waals surface area contributed by atoms with Crippen molar-refractivity contribution in [1.82, 2.24) is 47.1 Å². The van der Waals surface area contributed by atoms with Gasteiger partial charge in [-0.1, -0.05) is 93.8 Å². The van der Waals surface area contributed by atoms with Gasteiger partial charge in [-0.2, -0.15) is 0 Å². The number of nitrogens with zero attached hydrogens (tertiary/aromatic N) is 3. The first kappa shape index (κ1) is 113. The number of amides is 8. The first-order chi connectivity index (χ1) is 64.1. The molecular weight excluding hydrogens is 1760 g/mol. The SMILES string of the molecule is CO[P+](=O)OCCCCCCN1Cc2ccccc2/C([NH-])=C(/N(N)CCOCCOCC(=O)N2CCC(C(=O)NC(COCCC(=O)NCCCCCCOC3OC(CO)C(O)C(O)C3NC(C)=O)(COCCC(=O)NCCCCCCOC3OC(CO)C(O)C(O)C3NC(C)=O)COCCC(=O)NCCCCCCOC3OC(CO)C(O)C(O)C3NC(C)=O)CC2)c2ccccc21. The van der Waals surface area contributed by atoms with Crippen LogP contribution in [0, 0.1) is 5.92 Å². The second-order valence-electron chi connectivity index (χ2n) is 33.9. The molecule has 44 heteroatoms. The lowest BCUT2D eigenvalue weighted by atomic mass is 9.93. The monoisotopic (exact) mass is 1910 g/mol. The predicted octanol–water partition coefficient (Wildman–Crippen LogP) is 0.199. The molecule has 0 saturated carbocycles. The Morgan fingerprint density at radius 3 is 1.35 bits per heavy atom. The number of likely N-dealkylation sites (tertiary alicyclic amines) is 1. The fraction of sp³-hybridized carbons (Fsp3) is 0.753. The number of benzene rings is 2. The molecule has 0 aromatic heterocycles. The average molecular weight is 1910 g/mol. The van der Waals surface area contributed by atoms with Gasteiger partial charge in [0, 0.05) is 133 Å². The number of carbonyl (C=O) groups is 8. The van der Waals surface area contributed by atoms with E-state index in [0.717, 1.165) is 54.6 Å². The highest BCUT2D eigenvalue weighted by molar-refractivity contribution is 7.33. The van der Waals surface area contributed by atoms with Crippen LogP contribution >= 0.6 is 8.25 Å². The third-order valence-electron chi connectivity index (χ3n) is 23.4. The van der Waals surface area contributed by atoms with Crippen molar-refractivity contribution in [2.24, 2.45) is 11.8 Å². The van der Waals surface area contributed by atoms with Crippen LogP contribution in [0.25, 0.3) is 17.1 Å². The zero-order chi connectivity index (χ0) is 96.5. The minimum absolute atomic E-state index is 0.0766. The molecule has 0 radical (unpaired) electrons. The van der Waals surface area contributed by atoms with Crippen molar-refractivity contribution in [3.8, 4) is 0 Å². The summed E-state index contributed by atoms with van der Waals surface area (Å²) in [5, 5.41) is 113. The van der Waals surface area contributed by atoms with Gasteiger partial charge in [-0.25, -0.2) is 5.84 Å². The number of piperidine rings is 1. The molecule has 0 spiro atoms. The zero-order valence-electron chi connectivity index (χ0n) is 77.3. The van der Waals surface area contributed by atoms with Crippen LogP contribution in [0.1, 0.15) is 172 Å². The molecule has 7 rings (SSSR count). The Hall–Kier alpha value is -7.48. The Kier molecular flexibility index (Phi) is 52.8. The van der Waals surface area contributed by atoms with E-state index in [1.807, 2.05) is 48.5 Å². The number of aliphatic hydroxyl groups excluding tert-OH is 9. The number of fused-ring (bicyclic) bond motifs is 2. The van der Waals surface area contributed by atoms with Gasteiger partial charge in [0.05, 0.1) is 92.9 Å². The molecule has 16 unspecified atom stereocenters. The van der Waals surface area contributed by atoms with Gasteiger partial charge in [0.25, 0.3) is 0 Å². The van der Waals surface area contributed by atoms with Gasteiger partial charge in [0.15, 0.2) is 18.9 Å². The quantitative estimate of drug-likeness (QED) is 0.0182. The summed E-state index contributed by atoms with van der Waals surface area (Å²) in [7, 11) is -0.769. The topological polar surface area (TPSA) is 599 Å². The summed E-state index contributed by atoms with van der Waals surface area (Å²) in [4.78, 5) is 108. The standard InChI is InChI=1S/C89H147N12O31P/c1-59(105)95-75-82(115)79(112)67(52-102)130-86(75)126-41-21-9-5-17-34-92-70(108)31-45-123-56-89(57-124-46-32-71(109)93-35-18-6-10-22-42-127-87-76(96-60(2)106)83(116)80(113)68(53-103)131-87,58-125-47-33-72(110)94-36-19-7-11-23-43-128-88-77(97-61(3)107)84(117)81(114)69(54-104)132-88)98-85(118)62-29-38-99(39-30-62)73(111)55-122-50-49-121-48-40-101(91)78-65-27-15-16-28-66(65)100(37-20-8-12-24-44-129-133(119)120-4)51-63-25-13-14-26-64(63)74(78)90/h13-16,25-28,62,67-69,75-77,79-84,86-88,90,102-104,112-117H,5-12,17-24,29-58,91H2,1-4H3,(H,92,108)(H,93,109)(H,94,110)(H,95,105)(H,96,106)(H,97,107)(H,98,118)/b78-74-. The molecule has 133 heavy (non-hydrogen) atoms. The van der Waals surface area contributed by atoms with Crippen molar-refractivity contribution in [2.75, 3.05) is 170 Å². The van der Waals surface area contributed by atoms with Crippen molar-refractivity contribution in [3.05, 3.63) is 71.0 Å². The molecule has 4 fully saturated rings. The number of rotatable bonds is 65. The van der Waals surface area contributed by atoms with E-state index in [4.69, 9.17) is 67.0 Å². The summed E-state index contributed by atoms with van der Waals surface area (Å²) in [5.41, 5.74) is 12.3. The number of aliphatic hydroxyl groups is 9. The van der Waals surface area contributed by atoms with Gasteiger partial charge in [-0.3, -0.25) is 38.4 Å². The lowest BCUT2D eigenvalue weighted by Gasteiger charge is -2.42. The lowest BCUT2D eigenvalue weighted by molar-refractivity contribution is -0.270. The first-order valence-electron chi connectivity index (χ1n) is 46.5. The third-order valence-corrected chi connectivity index (χ3v) is 24.0. The Bertz CT molecular complexity index is 3620. The fourth-order valence-corrected chi connectivity index (χ4v) is 16.4. The number of hydrazine groups is 1. The number of nitrogens with one attached hydrogen (secondary N) is 8. The van der Waals surface area contributed by atoms with Crippen molar-refractivity contribution in [3.63, 3.8) is 0 Å². The van der Waals surface area contributed by atoms with E-state index in [1.165, 1.54) is 32.9 Å². The summed E-state index contributed by atoms with van der Waals surface area (Å²) in [6, 6.07) is 12.5. The van der Waals surface area contributed by atoms with E-state index in [-0.39, 0.29) is 167 Å². The van der Waals surface area contributed by atoms with Crippen molar-refractivity contribution in [1.29, 1.82) is 0 Å². The minimum Gasteiger partial charge on any atom is -0.696 e. The molecule has 8 amide bonds. The summed E-state index contributed by atoms with van der Waals surface area (Å²) in [5.74, 6) is 3.10. The molecule has 19 N–H and O–H groups in total. The molecule has 43 nitrogen and oxygen atoms in total. The molecule has 2 aromatic rings. The smallest absolute Gasteiger partial charge is 0.696 e. The van der Waals surface area contributed by atoms with Gasteiger partial charge in [-0.15, -0.1) is 14.7 Å². The molecule has 16 atom stereocenters. The summed E-state index contributed by atoms with van der Waals surface area (Å²) < 4.78 is 86.4. The normalized spacial score (nSPS) is 24.4. The van der Waals surface area contributed by atoms with E-state index in [0.29, 0.717) is 116 Å². The van der Waals surface area contributed by atoms with E-state index < -0.39 is 155 Å². The van der Waals surface area contributed by atoms with Crippen LogP contribution in [0.4, 0.5) is 5.69 Å². The van der Waals surface area contributed by atoms with Crippen LogP contribution in [0.2, 0.25) is 0 Å². The summed E-state index contributed by atoms with van der Waals surface area (Å²) >= 11 is 0. The first-order valence-corrected chi connectivity index (χ1v) is 47.6. The van der Waals surface area contributed by atoms with Crippen molar-refractivity contribution >= 4 is 72.6 Å². The molecule has 754 valence electrons. The zero-order valence-corrected chi connectivity index (χ0v) is 78.2. The average Bonchev–Trinajstić information content (AvgIpc) is 0.771. The Morgan fingerprint density at radius 1 is 0.504 bits per heavy atom. The highest BCUT2D eigenvalue weighted by atomic mass is 31.1. The van der Waals surface area contributed by atoms with Crippen LogP contribution < -0.4 is 48.0 Å². The second-order valence-corrected chi connectivity index (χ2v) is 34.9. The Morgan fingerprint density at radius 2 is 0.910 bits per heavy atom. The largest absolute Gasteiger partial charge is 0.697 e.